The zero-order valence-corrected chi connectivity index (χ0v) is 12.1. The van der Waals surface area contributed by atoms with Gasteiger partial charge in [-0.2, -0.15) is 0 Å². The maximum absolute atomic E-state index is 5.66. The second-order valence-electron chi connectivity index (χ2n) is 4.03. The fourth-order valence-electron chi connectivity index (χ4n) is 1.58. The van der Waals surface area contributed by atoms with Crippen LogP contribution in [0, 0.1) is 0 Å². The van der Waals surface area contributed by atoms with Crippen LogP contribution in [0.4, 0.5) is 0 Å². The van der Waals surface area contributed by atoms with Crippen molar-refractivity contribution in [1.29, 1.82) is 0 Å². The first kappa shape index (κ1) is 16.0. The Hall–Kier alpha value is -1.01. The van der Waals surface area contributed by atoms with Crippen molar-refractivity contribution in [3.63, 3.8) is 0 Å². The molecule has 0 saturated carbocycles. The lowest BCUT2D eigenvalue weighted by molar-refractivity contribution is 0.0483. The van der Waals surface area contributed by atoms with Gasteiger partial charge in [0.1, 0.15) is 4.99 Å². The lowest BCUT2D eigenvalue weighted by Gasteiger charge is -2.09. The summed E-state index contributed by atoms with van der Waals surface area (Å²) in [5, 5.41) is 0. The Morgan fingerprint density at radius 1 is 1.11 bits per heavy atom. The second kappa shape index (κ2) is 9.86. The Labute approximate surface area is 119 Å². The molecule has 4 nitrogen and oxygen atoms in total. The van der Waals surface area contributed by atoms with Crippen molar-refractivity contribution in [2.24, 2.45) is 5.73 Å². The van der Waals surface area contributed by atoms with E-state index in [0.717, 1.165) is 17.5 Å². The predicted octanol–water partition coefficient (Wildman–Crippen LogP) is 1.89. The van der Waals surface area contributed by atoms with Gasteiger partial charge in [0, 0.05) is 25.9 Å². The van der Waals surface area contributed by atoms with Crippen LogP contribution in [0.5, 0.6) is 0 Å². The average Bonchev–Trinajstić information content (AvgIpc) is 2.42. The molecule has 0 atom stereocenters. The first-order chi connectivity index (χ1) is 9.25. The van der Waals surface area contributed by atoms with Crippen molar-refractivity contribution in [3.8, 4) is 0 Å². The van der Waals surface area contributed by atoms with Crippen molar-refractivity contribution in [1.82, 2.24) is 0 Å². The Kier molecular flexibility index (Phi) is 8.33. The highest BCUT2D eigenvalue weighted by molar-refractivity contribution is 7.80. The zero-order chi connectivity index (χ0) is 13.9. The number of benzene rings is 1. The van der Waals surface area contributed by atoms with Crippen molar-refractivity contribution in [2.75, 3.05) is 33.5 Å². The van der Waals surface area contributed by atoms with Gasteiger partial charge in [0.05, 0.1) is 19.8 Å². The van der Waals surface area contributed by atoms with E-state index in [-0.39, 0.29) is 0 Å². The normalized spacial score (nSPS) is 10.6. The molecule has 0 radical (unpaired) electrons. The SMILES string of the molecule is COCCOCCCOCc1ccccc1C(N)=S. The van der Waals surface area contributed by atoms with E-state index in [2.05, 4.69) is 0 Å². The highest BCUT2D eigenvalue weighted by Crippen LogP contribution is 2.10. The van der Waals surface area contributed by atoms with Crippen LogP contribution in [-0.4, -0.2) is 38.5 Å². The molecule has 106 valence electrons. The van der Waals surface area contributed by atoms with Crippen molar-refractivity contribution in [2.45, 2.75) is 13.0 Å². The van der Waals surface area contributed by atoms with E-state index in [1.54, 1.807) is 7.11 Å². The first-order valence-corrected chi connectivity index (χ1v) is 6.68. The molecule has 0 aliphatic heterocycles. The van der Waals surface area contributed by atoms with E-state index in [1.807, 2.05) is 24.3 Å². The smallest absolute Gasteiger partial charge is 0.104 e. The summed E-state index contributed by atoms with van der Waals surface area (Å²) in [5.74, 6) is 0. The van der Waals surface area contributed by atoms with Gasteiger partial charge in [-0.15, -0.1) is 0 Å². The second-order valence-corrected chi connectivity index (χ2v) is 4.47. The number of hydrogen-bond donors (Lipinski definition) is 1. The molecule has 5 heteroatoms. The third-order valence-electron chi connectivity index (χ3n) is 2.55. The monoisotopic (exact) mass is 283 g/mol. The van der Waals surface area contributed by atoms with E-state index in [1.165, 1.54) is 0 Å². The molecule has 0 aliphatic carbocycles. The van der Waals surface area contributed by atoms with Crippen LogP contribution in [0.3, 0.4) is 0 Å². The van der Waals surface area contributed by atoms with Crippen molar-refractivity contribution >= 4 is 17.2 Å². The minimum absolute atomic E-state index is 0.405. The van der Waals surface area contributed by atoms with Gasteiger partial charge in [-0.1, -0.05) is 36.5 Å². The highest BCUT2D eigenvalue weighted by atomic mass is 32.1. The lowest BCUT2D eigenvalue weighted by Crippen LogP contribution is -2.13. The summed E-state index contributed by atoms with van der Waals surface area (Å²) in [6.45, 7) is 3.10. The quantitative estimate of drug-likeness (QED) is 0.525. The Morgan fingerprint density at radius 3 is 2.58 bits per heavy atom. The van der Waals surface area contributed by atoms with Gasteiger partial charge in [0.25, 0.3) is 0 Å². The number of thiocarbonyl (C=S) groups is 1. The van der Waals surface area contributed by atoms with Crippen LogP contribution in [0.2, 0.25) is 0 Å². The fraction of sp³-hybridized carbons (Fsp3) is 0.500. The number of nitrogens with two attached hydrogens (primary N) is 1. The fourth-order valence-corrected chi connectivity index (χ4v) is 1.78. The molecule has 0 aromatic heterocycles. The van der Waals surface area contributed by atoms with Gasteiger partial charge >= 0.3 is 0 Å². The van der Waals surface area contributed by atoms with Gasteiger partial charge in [-0.25, -0.2) is 0 Å². The summed E-state index contributed by atoms with van der Waals surface area (Å²) in [5.41, 5.74) is 7.56. The zero-order valence-electron chi connectivity index (χ0n) is 11.3. The van der Waals surface area contributed by atoms with Crippen LogP contribution < -0.4 is 5.73 Å². The molecule has 0 saturated heterocycles. The summed E-state index contributed by atoms with van der Waals surface area (Å²) < 4.78 is 15.8. The minimum atomic E-state index is 0.405. The molecule has 19 heavy (non-hydrogen) atoms. The van der Waals surface area contributed by atoms with Gasteiger partial charge in [0.15, 0.2) is 0 Å². The molecule has 0 unspecified atom stereocenters. The molecule has 0 aliphatic rings. The summed E-state index contributed by atoms with van der Waals surface area (Å²) in [7, 11) is 1.66. The highest BCUT2D eigenvalue weighted by Gasteiger charge is 2.03. The van der Waals surface area contributed by atoms with E-state index in [9.17, 15) is 0 Å². The average molecular weight is 283 g/mol. The minimum Gasteiger partial charge on any atom is -0.389 e. The number of rotatable bonds is 10. The Bertz CT molecular complexity index is 385. The molecular weight excluding hydrogens is 262 g/mol. The van der Waals surface area contributed by atoms with Crippen LogP contribution >= 0.6 is 12.2 Å². The molecular formula is C14H21NO3S. The summed E-state index contributed by atoms with van der Waals surface area (Å²) in [6.07, 6.45) is 0.860. The van der Waals surface area contributed by atoms with Gasteiger partial charge in [0.2, 0.25) is 0 Å². The van der Waals surface area contributed by atoms with E-state index < -0.39 is 0 Å². The van der Waals surface area contributed by atoms with Crippen molar-refractivity contribution < 1.29 is 14.2 Å². The van der Waals surface area contributed by atoms with E-state index >= 15 is 0 Å². The summed E-state index contributed by atoms with van der Waals surface area (Å²) in [4.78, 5) is 0.405. The lowest BCUT2D eigenvalue weighted by atomic mass is 10.1. The van der Waals surface area contributed by atoms with Crippen LogP contribution in [-0.2, 0) is 20.8 Å². The number of ether oxygens (including phenoxy) is 3. The molecule has 2 N–H and O–H groups in total. The first-order valence-electron chi connectivity index (χ1n) is 6.28. The Morgan fingerprint density at radius 2 is 1.84 bits per heavy atom. The van der Waals surface area contributed by atoms with Crippen molar-refractivity contribution in [3.05, 3.63) is 35.4 Å². The molecule has 0 amide bonds. The van der Waals surface area contributed by atoms with E-state index in [4.69, 9.17) is 32.2 Å². The standard InChI is InChI=1S/C14H21NO3S/c1-16-9-10-17-7-4-8-18-11-12-5-2-3-6-13(12)14(15)19/h2-3,5-6H,4,7-11H2,1H3,(H2,15,19). The summed E-state index contributed by atoms with van der Waals surface area (Å²) >= 11 is 5.00. The third-order valence-corrected chi connectivity index (χ3v) is 2.77. The molecule has 0 heterocycles. The van der Waals surface area contributed by atoms with Crippen LogP contribution in [0.25, 0.3) is 0 Å². The van der Waals surface area contributed by atoms with Crippen LogP contribution in [0.15, 0.2) is 24.3 Å². The van der Waals surface area contributed by atoms with E-state index in [0.29, 0.717) is 38.0 Å². The maximum atomic E-state index is 5.66. The Balaban J connectivity index is 2.17. The van der Waals surface area contributed by atoms with Gasteiger partial charge in [-0.05, 0) is 12.0 Å². The predicted molar refractivity (Wildman–Crippen MR) is 79.3 cm³/mol. The molecule has 0 fully saturated rings. The third kappa shape index (κ3) is 6.63. The molecule has 1 aromatic carbocycles. The molecule has 0 spiro atoms. The molecule has 1 rings (SSSR count). The number of hydrogen-bond acceptors (Lipinski definition) is 4. The van der Waals surface area contributed by atoms with Gasteiger partial charge < -0.3 is 19.9 Å². The van der Waals surface area contributed by atoms with Crippen LogP contribution in [0.1, 0.15) is 17.5 Å². The largest absolute Gasteiger partial charge is 0.389 e. The number of methoxy groups -OCH3 is 1. The maximum Gasteiger partial charge on any atom is 0.104 e. The summed E-state index contributed by atoms with van der Waals surface area (Å²) in [6, 6.07) is 7.76. The topological polar surface area (TPSA) is 53.7 Å². The molecule has 0 bridgehead atoms. The molecule has 1 aromatic rings. The van der Waals surface area contributed by atoms with Gasteiger partial charge in [-0.3, -0.25) is 0 Å².